The molecule has 1 rings (SSSR count). The highest BCUT2D eigenvalue weighted by molar-refractivity contribution is 5.77. The van der Waals surface area contributed by atoms with Gasteiger partial charge in [0.25, 0.3) is 5.91 Å². The van der Waals surface area contributed by atoms with Gasteiger partial charge < -0.3 is 9.64 Å². The van der Waals surface area contributed by atoms with Crippen molar-refractivity contribution < 1.29 is 9.53 Å². The van der Waals surface area contributed by atoms with Crippen LogP contribution in [0.15, 0.2) is 24.3 Å². The van der Waals surface area contributed by atoms with E-state index in [-0.39, 0.29) is 12.5 Å². The van der Waals surface area contributed by atoms with Gasteiger partial charge in [0.05, 0.1) is 12.5 Å². The van der Waals surface area contributed by atoms with Gasteiger partial charge in [-0.1, -0.05) is 32.0 Å². The molecule has 0 aliphatic heterocycles. The Balaban J connectivity index is 2.57. The molecular weight excluding hydrogens is 240 g/mol. The lowest BCUT2D eigenvalue weighted by molar-refractivity contribution is -0.132. The molecule has 1 aromatic carbocycles. The summed E-state index contributed by atoms with van der Waals surface area (Å²) in [5.74, 6) is 0.982. The fourth-order valence-corrected chi connectivity index (χ4v) is 1.68. The van der Waals surface area contributed by atoms with E-state index in [1.54, 1.807) is 7.05 Å². The van der Waals surface area contributed by atoms with Crippen molar-refractivity contribution in [3.63, 3.8) is 0 Å². The first kappa shape index (κ1) is 15.0. The number of likely N-dealkylation sites (N-methyl/N-ethyl adjacent to an activating group) is 1. The van der Waals surface area contributed by atoms with Crippen molar-refractivity contribution in [1.29, 1.82) is 5.26 Å². The summed E-state index contributed by atoms with van der Waals surface area (Å²) in [5.41, 5.74) is 1.09. The first-order valence-corrected chi connectivity index (χ1v) is 6.39. The summed E-state index contributed by atoms with van der Waals surface area (Å²) in [5, 5.41) is 8.48. The molecule has 0 aromatic heterocycles. The molecule has 0 aliphatic rings. The average molecular weight is 260 g/mol. The Hall–Kier alpha value is -2.02. The Morgan fingerprint density at radius 3 is 2.74 bits per heavy atom. The van der Waals surface area contributed by atoms with Crippen molar-refractivity contribution in [2.75, 3.05) is 20.2 Å². The van der Waals surface area contributed by atoms with Gasteiger partial charge in [0, 0.05) is 13.6 Å². The third kappa shape index (κ3) is 4.63. The molecule has 0 radical (unpaired) electrons. The molecule has 0 atom stereocenters. The summed E-state index contributed by atoms with van der Waals surface area (Å²) in [6.45, 7) is 4.61. The molecule has 0 bridgehead atoms. The van der Waals surface area contributed by atoms with E-state index in [2.05, 4.69) is 13.8 Å². The molecule has 4 nitrogen and oxygen atoms in total. The van der Waals surface area contributed by atoms with Crippen LogP contribution in [0.4, 0.5) is 0 Å². The highest BCUT2D eigenvalue weighted by Crippen LogP contribution is 2.25. The normalized spacial score (nSPS) is 10.1. The number of nitrogens with zero attached hydrogens (tertiary/aromatic N) is 2. The van der Waals surface area contributed by atoms with Gasteiger partial charge >= 0.3 is 0 Å². The molecule has 4 heteroatoms. The Bertz CT molecular complexity index is 463. The zero-order valence-electron chi connectivity index (χ0n) is 11.7. The van der Waals surface area contributed by atoms with Gasteiger partial charge in [0.15, 0.2) is 6.61 Å². The maximum absolute atomic E-state index is 11.8. The minimum atomic E-state index is -0.117. The Labute approximate surface area is 114 Å². The van der Waals surface area contributed by atoms with E-state index in [1.807, 2.05) is 30.3 Å². The first-order valence-electron chi connectivity index (χ1n) is 6.39. The molecule has 0 heterocycles. The maximum Gasteiger partial charge on any atom is 0.260 e. The second-order valence-corrected chi connectivity index (χ2v) is 4.70. The summed E-state index contributed by atoms with van der Waals surface area (Å²) in [6.07, 6.45) is 0.338. The van der Waals surface area contributed by atoms with E-state index in [1.165, 1.54) is 4.90 Å². The highest BCUT2D eigenvalue weighted by Gasteiger charge is 2.11. The third-order valence-electron chi connectivity index (χ3n) is 2.88. The largest absolute Gasteiger partial charge is 0.483 e. The number of hydrogen-bond donors (Lipinski definition) is 0. The van der Waals surface area contributed by atoms with Crippen molar-refractivity contribution in [3.8, 4) is 11.8 Å². The van der Waals surface area contributed by atoms with Crippen LogP contribution in [0, 0.1) is 11.3 Å². The third-order valence-corrected chi connectivity index (χ3v) is 2.88. The van der Waals surface area contributed by atoms with Crippen LogP contribution in [-0.4, -0.2) is 31.0 Å². The number of ether oxygens (including phenoxy) is 1. The van der Waals surface area contributed by atoms with Crippen LogP contribution in [0.1, 0.15) is 31.7 Å². The minimum absolute atomic E-state index is 0.00562. The van der Waals surface area contributed by atoms with E-state index >= 15 is 0 Å². The van der Waals surface area contributed by atoms with Gasteiger partial charge in [-0.25, -0.2) is 0 Å². The number of carbonyl (C=O) groups excluding carboxylic acids is 1. The van der Waals surface area contributed by atoms with Crippen molar-refractivity contribution >= 4 is 5.91 Å². The van der Waals surface area contributed by atoms with E-state index in [9.17, 15) is 4.79 Å². The van der Waals surface area contributed by atoms with Gasteiger partial charge in [-0.3, -0.25) is 4.79 Å². The molecule has 102 valence electrons. The SMILES string of the molecule is CC(C)c1ccccc1OCC(=O)N(C)CCC#N. The van der Waals surface area contributed by atoms with E-state index in [0.29, 0.717) is 18.9 Å². The molecule has 0 N–H and O–H groups in total. The fourth-order valence-electron chi connectivity index (χ4n) is 1.68. The van der Waals surface area contributed by atoms with Crippen LogP contribution in [-0.2, 0) is 4.79 Å². The second-order valence-electron chi connectivity index (χ2n) is 4.70. The van der Waals surface area contributed by atoms with Gasteiger partial charge in [0.1, 0.15) is 5.75 Å². The van der Waals surface area contributed by atoms with Crippen LogP contribution in [0.3, 0.4) is 0 Å². The number of carbonyl (C=O) groups is 1. The number of para-hydroxylation sites is 1. The van der Waals surface area contributed by atoms with Crippen molar-refractivity contribution in [1.82, 2.24) is 4.90 Å². The fraction of sp³-hybridized carbons (Fsp3) is 0.467. The van der Waals surface area contributed by atoms with E-state index < -0.39 is 0 Å². The molecule has 0 saturated heterocycles. The first-order chi connectivity index (χ1) is 9.06. The molecule has 1 aromatic rings. The second kappa shape index (κ2) is 7.42. The standard InChI is InChI=1S/C15H20N2O2/c1-12(2)13-7-4-5-8-14(13)19-11-15(18)17(3)10-6-9-16/h4-5,7-8,12H,6,10-11H2,1-3H3. The van der Waals surface area contributed by atoms with Crippen molar-refractivity contribution in [2.45, 2.75) is 26.2 Å². The van der Waals surface area contributed by atoms with E-state index in [4.69, 9.17) is 10.00 Å². The van der Waals surface area contributed by atoms with Crippen LogP contribution in [0.25, 0.3) is 0 Å². The quantitative estimate of drug-likeness (QED) is 0.790. The summed E-state index contributed by atoms with van der Waals surface area (Å²) >= 11 is 0. The van der Waals surface area contributed by atoms with Crippen molar-refractivity contribution in [3.05, 3.63) is 29.8 Å². The summed E-state index contributed by atoms with van der Waals surface area (Å²) in [7, 11) is 1.68. The molecular formula is C15H20N2O2. The lowest BCUT2D eigenvalue weighted by Crippen LogP contribution is -2.32. The zero-order valence-corrected chi connectivity index (χ0v) is 11.7. The maximum atomic E-state index is 11.8. The lowest BCUT2D eigenvalue weighted by atomic mass is 10.0. The summed E-state index contributed by atoms with van der Waals surface area (Å²) in [6, 6.07) is 9.75. The molecule has 0 unspecified atom stereocenters. The summed E-state index contributed by atoms with van der Waals surface area (Å²) < 4.78 is 5.59. The predicted octanol–water partition coefficient (Wildman–Crippen LogP) is 2.56. The van der Waals surface area contributed by atoms with Gasteiger partial charge in [-0.15, -0.1) is 0 Å². The minimum Gasteiger partial charge on any atom is -0.483 e. The monoisotopic (exact) mass is 260 g/mol. The van der Waals surface area contributed by atoms with Gasteiger partial charge in [-0.05, 0) is 17.5 Å². The Morgan fingerprint density at radius 2 is 2.11 bits per heavy atom. The van der Waals surface area contributed by atoms with Crippen LogP contribution < -0.4 is 4.74 Å². The number of amides is 1. The van der Waals surface area contributed by atoms with Crippen molar-refractivity contribution in [2.24, 2.45) is 0 Å². The molecule has 1 amide bonds. The molecule has 0 spiro atoms. The lowest BCUT2D eigenvalue weighted by Gasteiger charge is -2.17. The predicted molar refractivity (Wildman–Crippen MR) is 73.9 cm³/mol. The molecule has 0 aliphatic carbocycles. The molecule has 0 saturated carbocycles. The zero-order chi connectivity index (χ0) is 14.3. The summed E-state index contributed by atoms with van der Waals surface area (Å²) in [4.78, 5) is 13.3. The number of benzene rings is 1. The number of nitriles is 1. The van der Waals surface area contributed by atoms with E-state index in [0.717, 1.165) is 11.3 Å². The highest BCUT2D eigenvalue weighted by atomic mass is 16.5. The van der Waals surface area contributed by atoms with Crippen LogP contribution >= 0.6 is 0 Å². The number of hydrogen-bond acceptors (Lipinski definition) is 3. The van der Waals surface area contributed by atoms with Gasteiger partial charge in [0.2, 0.25) is 0 Å². The van der Waals surface area contributed by atoms with Crippen LogP contribution in [0.5, 0.6) is 5.75 Å². The average Bonchev–Trinajstić information content (AvgIpc) is 2.42. The Morgan fingerprint density at radius 1 is 1.42 bits per heavy atom. The molecule has 19 heavy (non-hydrogen) atoms. The van der Waals surface area contributed by atoms with Gasteiger partial charge in [-0.2, -0.15) is 5.26 Å². The van der Waals surface area contributed by atoms with Crippen LogP contribution in [0.2, 0.25) is 0 Å². The number of rotatable bonds is 6. The Kier molecular flexibility index (Phi) is 5.87. The smallest absolute Gasteiger partial charge is 0.260 e. The topological polar surface area (TPSA) is 53.3 Å². The molecule has 0 fully saturated rings.